The van der Waals surface area contributed by atoms with Crippen LogP contribution < -0.4 is 5.32 Å². The fourth-order valence-corrected chi connectivity index (χ4v) is 2.00. The topological polar surface area (TPSA) is 55.1 Å². The van der Waals surface area contributed by atoms with Crippen molar-refractivity contribution in [1.82, 2.24) is 4.98 Å². The first-order valence-corrected chi connectivity index (χ1v) is 6.28. The van der Waals surface area contributed by atoms with E-state index >= 15 is 0 Å². The highest BCUT2D eigenvalue weighted by atomic mass is 79.9. The van der Waals surface area contributed by atoms with Crippen molar-refractivity contribution in [3.63, 3.8) is 0 Å². The van der Waals surface area contributed by atoms with Crippen molar-refractivity contribution >= 4 is 27.5 Å². The molecule has 4 nitrogen and oxygen atoms in total. The number of aromatic nitrogens is 1. The molecule has 0 radical (unpaired) electrons. The molecular formula is C13H13BrN2O2. The SMILES string of the molecule is Cc1ccc(Br)c(NC(=O)c2oc(C)nc2C)c1. The molecule has 94 valence electrons. The fraction of sp³-hybridized carbons (Fsp3) is 0.231. The number of oxazole rings is 1. The van der Waals surface area contributed by atoms with Gasteiger partial charge in [0.25, 0.3) is 5.91 Å². The Balaban J connectivity index is 2.26. The van der Waals surface area contributed by atoms with Crippen molar-refractivity contribution in [3.8, 4) is 0 Å². The van der Waals surface area contributed by atoms with Gasteiger partial charge >= 0.3 is 0 Å². The molecule has 2 rings (SSSR count). The van der Waals surface area contributed by atoms with E-state index in [0.717, 1.165) is 10.0 Å². The van der Waals surface area contributed by atoms with E-state index in [2.05, 4.69) is 26.2 Å². The summed E-state index contributed by atoms with van der Waals surface area (Å²) < 4.78 is 6.11. The smallest absolute Gasteiger partial charge is 0.293 e. The van der Waals surface area contributed by atoms with Gasteiger partial charge in [0.15, 0.2) is 5.89 Å². The number of benzene rings is 1. The van der Waals surface area contributed by atoms with Gasteiger partial charge in [-0.1, -0.05) is 6.07 Å². The Kier molecular flexibility index (Phi) is 3.52. The van der Waals surface area contributed by atoms with Gasteiger partial charge in [0.05, 0.1) is 11.4 Å². The lowest BCUT2D eigenvalue weighted by atomic mass is 10.2. The van der Waals surface area contributed by atoms with Gasteiger partial charge in [0.2, 0.25) is 5.76 Å². The molecule has 0 saturated heterocycles. The molecule has 1 aromatic heterocycles. The van der Waals surface area contributed by atoms with Crippen molar-refractivity contribution in [2.75, 3.05) is 5.32 Å². The number of anilines is 1. The quantitative estimate of drug-likeness (QED) is 0.922. The zero-order valence-corrected chi connectivity index (χ0v) is 12.0. The van der Waals surface area contributed by atoms with E-state index in [1.54, 1.807) is 13.8 Å². The van der Waals surface area contributed by atoms with Gasteiger partial charge in [-0.05, 0) is 47.5 Å². The minimum atomic E-state index is -0.292. The molecule has 1 amide bonds. The Hall–Kier alpha value is -1.62. The third-order valence-corrected chi connectivity index (χ3v) is 3.17. The molecule has 0 fully saturated rings. The highest BCUT2D eigenvalue weighted by Crippen LogP contribution is 2.24. The number of amides is 1. The minimum Gasteiger partial charge on any atom is -0.436 e. The third-order valence-electron chi connectivity index (χ3n) is 2.48. The Bertz CT molecular complexity index is 605. The monoisotopic (exact) mass is 308 g/mol. The zero-order chi connectivity index (χ0) is 13.3. The van der Waals surface area contributed by atoms with Crippen molar-refractivity contribution < 1.29 is 9.21 Å². The van der Waals surface area contributed by atoms with E-state index in [0.29, 0.717) is 17.3 Å². The normalized spacial score (nSPS) is 10.4. The first kappa shape index (κ1) is 12.8. The van der Waals surface area contributed by atoms with E-state index in [-0.39, 0.29) is 11.7 Å². The lowest BCUT2D eigenvalue weighted by molar-refractivity contribution is 0.0994. The standard InChI is InChI=1S/C13H13BrN2O2/c1-7-4-5-10(14)11(6-7)16-13(17)12-8(2)15-9(3)18-12/h4-6H,1-3H3,(H,16,17). The number of nitrogens with one attached hydrogen (secondary N) is 1. The van der Waals surface area contributed by atoms with E-state index < -0.39 is 0 Å². The van der Waals surface area contributed by atoms with E-state index in [9.17, 15) is 4.79 Å². The molecule has 0 aliphatic carbocycles. The summed E-state index contributed by atoms with van der Waals surface area (Å²) in [7, 11) is 0. The predicted octanol–water partition coefficient (Wildman–Crippen LogP) is 3.61. The van der Waals surface area contributed by atoms with Crippen LogP contribution in [-0.4, -0.2) is 10.9 Å². The average molecular weight is 309 g/mol. The molecule has 0 aliphatic heterocycles. The van der Waals surface area contributed by atoms with Crippen LogP contribution in [0.3, 0.4) is 0 Å². The Morgan fingerprint density at radius 2 is 2.06 bits per heavy atom. The second-order valence-corrected chi connectivity index (χ2v) is 4.94. The molecule has 2 aromatic rings. The van der Waals surface area contributed by atoms with Crippen LogP contribution in [0.4, 0.5) is 5.69 Å². The second kappa shape index (κ2) is 4.94. The predicted molar refractivity (Wildman–Crippen MR) is 72.8 cm³/mol. The molecule has 1 N–H and O–H groups in total. The van der Waals surface area contributed by atoms with Crippen molar-refractivity contribution in [2.45, 2.75) is 20.8 Å². The summed E-state index contributed by atoms with van der Waals surface area (Å²) >= 11 is 3.39. The Morgan fingerprint density at radius 1 is 1.33 bits per heavy atom. The van der Waals surface area contributed by atoms with Gasteiger partial charge in [-0.2, -0.15) is 0 Å². The van der Waals surface area contributed by atoms with Crippen LogP contribution >= 0.6 is 15.9 Å². The molecule has 1 heterocycles. The van der Waals surface area contributed by atoms with E-state index in [1.807, 2.05) is 25.1 Å². The van der Waals surface area contributed by atoms with E-state index in [1.165, 1.54) is 0 Å². The van der Waals surface area contributed by atoms with Gasteiger partial charge in [0, 0.05) is 11.4 Å². The lowest BCUT2D eigenvalue weighted by Crippen LogP contribution is -2.12. The van der Waals surface area contributed by atoms with Crippen molar-refractivity contribution in [2.24, 2.45) is 0 Å². The number of halogens is 1. The molecular weight excluding hydrogens is 296 g/mol. The fourth-order valence-electron chi connectivity index (χ4n) is 1.66. The third kappa shape index (κ3) is 2.61. The van der Waals surface area contributed by atoms with Crippen molar-refractivity contribution in [1.29, 1.82) is 0 Å². The number of nitrogens with zero attached hydrogens (tertiary/aromatic N) is 1. The van der Waals surface area contributed by atoms with Crippen LogP contribution in [0.25, 0.3) is 0 Å². The van der Waals surface area contributed by atoms with Gasteiger partial charge in [0.1, 0.15) is 0 Å². The summed E-state index contributed by atoms with van der Waals surface area (Å²) in [4.78, 5) is 16.1. The summed E-state index contributed by atoms with van der Waals surface area (Å²) in [6, 6.07) is 5.74. The van der Waals surface area contributed by atoms with Gasteiger partial charge in [-0.15, -0.1) is 0 Å². The van der Waals surface area contributed by atoms with Crippen LogP contribution in [0.2, 0.25) is 0 Å². The van der Waals surface area contributed by atoms with Crippen LogP contribution in [0, 0.1) is 20.8 Å². The molecule has 1 aromatic carbocycles. The number of carbonyl (C=O) groups is 1. The maximum absolute atomic E-state index is 12.0. The lowest BCUT2D eigenvalue weighted by Gasteiger charge is -2.07. The van der Waals surface area contributed by atoms with E-state index in [4.69, 9.17) is 4.42 Å². The molecule has 5 heteroatoms. The summed E-state index contributed by atoms with van der Waals surface area (Å²) in [5.41, 5.74) is 2.38. The molecule has 0 aliphatic rings. The Morgan fingerprint density at radius 3 is 2.67 bits per heavy atom. The van der Waals surface area contributed by atoms with Crippen LogP contribution in [0.15, 0.2) is 27.1 Å². The van der Waals surface area contributed by atoms with Crippen LogP contribution in [0.1, 0.15) is 27.7 Å². The molecule has 18 heavy (non-hydrogen) atoms. The number of carbonyl (C=O) groups excluding carboxylic acids is 1. The maximum atomic E-state index is 12.0. The Labute approximate surface area is 114 Å². The summed E-state index contributed by atoms with van der Waals surface area (Å²) in [6.45, 7) is 5.43. The van der Waals surface area contributed by atoms with Gasteiger partial charge in [-0.25, -0.2) is 4.98 Å². The zero-order valence-electron chi connectivity index (χ0n) is 10.4. The van der Waals surface area contributed by atoms with Gasteiger partial charge in [-0.3, -0.25) is 4.79 Å². The first-order chi connectivity index (χ1) is 8.47. The van der Waals surface area contributed by atoms with Gasteiger partial charge < -0.3 is 9.73 Å². The highest BCUT2D eigenvalue weighted by molar-refractivity contribution is 9.10. The average Bonchev–Trinajstić information content (AvgIpc) is 2.63. The molecule has 0 unspecified atom stereocenters. The molecule has 0 spiro atoms. The number of aryl methyl sites for hydroxylation is 3. The summed E-state index contributed by atoms with van der Waals surface area (Å²) in [6.07, 6.45) is 0. The van der Waals surface area contributed by atoms with Crippen LogP contribution in [-0.2, 0) is 0 Å². The first-order valence-electron chi connectivity index (χ1n) is 5.49. The number of rotatable bonds is 2. The molecule has 0 saturated carbocycles. The minimum absolute atomic E-state index is 0.251. The van der Waals surface area contributed by atoms with Crippen LogP contribution in [0.5, 0.6) is 0 Å². The molecule has 0 atom stereocenters. The van der Waals surface area contributed by atoms with Crippen molar-refractivity contribution in [3.05, 3.63) is 45.6 Å². The summed E-state index contributed by atoms with van der Waals surface area (Å²) in [5.74, 6) is 0.446. The molecule has 0 bridgehead atoms. The number of hydrogen-bond acceptors (Lipinski definition) is 3. The highest BCUT2D eigenvalue weighted by Gasteiger charge is 2.16. The summed E-state index contributed by atoms with van der Waals surface area (Å²) in [5, 5.41) is 2.80. The maximum Gasteiger partial charge on any atom is 0.293 e. The second-order valence-electron chi connectivity index (χ2n) is 4.08. The number of hydrogen-bond donors (Lipinski definition) is 1. The largest absolute Gasteiger partial charge is 0.436 e.